The van der Waals surface area contributed by atoms with Crippen molar-refractivity contribution in [1.29, 1.82) is 0 Å². The molecule has 0 unspecified atom stereocenters. The van der Waals surface area contributed by atoms with Gasteiger partial charge in [-0.15, -0.1) is 0 Å². The number of nitrogens with zero attached hydrogens (tertiary/aromatic N) is 1. The Hall–Kier alpha value is -1.99. The molecule has 2 amide bonds. The smallest absolute Gasteiger partial charge is 0.326 e. The summed E-state index contributed by atoms with van der Waals surface area (Å²) in [4.78, 5) is 36.7. The number of rotatable bonds is 5. The zero-order valence-electron chi connectivity index (χ0n) is 12.5. The maximum Gasteiger partial charge on any atom is 0.326 e. The average molecular weight is 356 g/mol. The van der Waals surface area contributed by atoms with Crippen molar-refractivity contribution in [3.05, 3.63) is 33.7 Å². The number of ether oxygens (including phenoxy) is 2. The van der Waals surface area contributed by atoms with Crippen molar-refractivity contribution < 1.29 is 23.9 Å². The first-order valence-electron chi connectivity index (χ1n) is 6.70. The summed E-state index contributed by atoms with van der Waals surface area (Å²) in [6.07, 6.45) is 1.51. The van der Waals surface area contributed by atoms with Crippen LogP contribution in [0.5, 0.6) is 5.75 Å². The summed E-state index contributed by atoms with van der Waals surface area (Å²) in [7, 11) is 1.49. The minimum Gasteiger partial charge on any atom is -0.496 e. The Balaban J connectivity index is 2.25. The lowest BCUT2D eigenvalue weighted by Crippen LogP contribution is -2.34. The SMILES string of the molecule is CCOC(=O)CN1C(=O)S/C(=C/c2cc(Cl)ccc2OC)C1=O. The first-order chi connectivity index (χ1) is 11.0. The molecule has 0 saturated carbocycles. The largest absolute Gasteiger partial charge is 0.496 e. The van der Waals surface area contributed by atoms with Crippen LogP contribution in [0.25, 0.3) is 6.08 Å². The van der Waals surface area contributed by atoms with Gasteiger partial charge in [0.05, 0.1) is 18.6 Å². The number of esters is 1. The van der Waals surface area contributed by atoms with Gasteiger partial charge in [-0.2, -0.15) is 0 Å². The Morgan fingerprint density at radius 2 is 2.13 bits per heavy atom. The van der Waals surface area contributed by atoms with E-state index in [1.165, 1.54) is 13.2 Å². The van der Waals surface area contributed by atoms with E-state index in [4.69, 9.17) is 21.1 Å². The molecule has 0 atom stereocenters. The van der Waals surface area contributed by atoms with Crippen LogP contribution in [0.4, 0.5) is 4.79 Å². The Labute approximate surface area is 142 Å². The molecule has 0 radical (unpaired) electrons. The fourth-order valence-corrected chi connectivity index (χ4v) is 2.94. The molecule has 0 aromatic heterocycles. The van der Waals surface area contributed by atoms with Crippen molar-refractivity contribution in [1.82, 2.24) is 4.90 Å². The van der Waals surface area contributed by atoms with Gasteiger partial charge in [-0.05, 0) is 43.0 Å². The average Bonchev–Trinajstić information content (AvgIpc) is 2.75. The topological polar surface area (TPSA) is 72.9 Å². The summed E-state index contributed by atoms with van der Waals surface area (Å²) < 4.78 is 9.95. The number of hydrogen-bond donors (Lipinski definition) is 0. The third-order valence-electron chi connectivity index (χ3n) is 2.94. The lowest BCUT2D eigenvalue weighted by Gasteiger charge is -2.10. The molecule has 1 fully saturated rings. The molecule has 1 aliphatic heterocycles. The van der Waals surface area contributed by atoms with Crippen LogP contribution in [0.2, 0.25) is 5.02 Å². The molecule has 122 valence electrons. The third kappa shape index (κ3) is 4.05. The predicted molar refractivity (Wildman–Crippen MR) is 87.3 cm³/mol. The van der Waals surface area contributed by atoms with Crippen LogP contribution in [0.3, 0.4) is 0 Å². The van der Waals surface area contributed by atoms with Crippen molar-refractivity contribution in [3.63, 3.8) is 0 Å². The van der Waals surface area contributed by atoms with Gasteiger partial charge in [-0.3, -0.25) is 19.3 Å². The van der Waals surface area contributed by atoms with Crippen LogP contribution in [0, 0.1) is 0 Å². The number of imide groups is 1. The van der Waals surface area contributed by atoms with Crippen molar-refractivity contribution in [2.75, 3.05) is 20.3 Å². The standard InChI is InChI=1S/C15H14ClNO5S/c1-3-22-13(18)8-17-14(19)12(23-15(17)20)7-9-6-10(16)4-5-11(9)21-2/h4-7H,3,8H2,1-2H3/b12-7+. The predicted octanol–water partition coefficient (Wildman–Crippen LogP) is 2.95. The maximum atomic E-state index is 12.3. The minimum atomic E-state index is -0.628. The third-order valence-corrected chi connectivity index (χ3v) is 4.09. The number of carbonyl (C=O) groups excluding carboxylic acids is 3. The number of carbonyl (C=O) groups is 3. The molecule has 1 aliphatic rings. The van der Waals surface area contributed by atoms with Crippen molar-refractivity contribution in [2.45, 2.75) is 6.92 Å². The second kappa shape index (κ2) is 7.52. The Morgan fingerprint density at radius 1 is 1.39 bits per heavy atom. The summed E-state index contributed by atoms with van der Waals surface area (Å²) >= 11 is 6.70. The van der Waals surface area contributed by atoms with Gasteiger partial charge >= 0.3 is 5.97 Å². The summed E-state index contributed by atoms with van der Waals surface area (Å²) in [5.41, 5.74) is 0.571. The van der Waals surface area contributed by atoms with E-state index >= 15 is 0 Å². The van der Waals surface area contributed by atoms with E-state index in [2.05, 4.69) is 0 Å². The molecule has 1 saturated heterocycles. The van der Waals surface area contributed by atoms with E-state index in [-0.39, 0.29) is 11.5 Å². The second-order valence-corrected chi connectivity index (χ2v) is 5.89. The fraction of sp³-hybridized carbons (Fsp3) is 0.267. The zero-order valence-corrected chi connectivity index (χ0v) is 14.1. The highest BCUT2D eigenvalue weighted by Crippen LogP contribution is 2.34. The molecular weight excluding hydrogens is 342 g/mol. The number of halogens is 1. The van der Waals surface area contributed by atoms with Crippen LogP contribution < -0.4 is 4.74 Å². The Kier molecular flexibility index (Phi) is 5.68. The number of amides is 2. The van der Waals surface area contributed by atoms with Crippen LogP contribution >= 0.6 is 23.4 Å². The summed E-state index contributed by atoms with van der Waals surface area (Å²) in [6.45, 7) is 1.43. The molecular formula is C15H14ClNO5S. The highest BCUT2D eigenvalue weighted by atomic mass is 35.5. The summed E-state index contributed by atoms with van der Waals surface area (Å²) in [5.74, 6) is -0.655. The normalized spacial score (nSPS) is 16.1. The van der Waals surface area contributed by atoms with Gasteiger partial charge in [0.2, 0.25) is 0 Å². The van der Waals surface area contributed by atoms with Gasteiger partial charge in [-0.25, -0.2) is 0 Å². The number of thioether (sulfide) groups is 1. The Morgan fingerprint density at radius 3 is 2.78 bits per heavy atom. The van der Waals surface area contributed by atoms with E-state index in [0.29, 0.717) is 16.3 Å². The highest BCUT2D eigenvalue weighted by Gasteiger charge is 2.36. The molecule has 6 nitrogen and oxygen atoms in total. The molecule has 0 aliphatic carbocycles. The number of benzene rings is 1. The molecule has 0 spiro atoms. The molecule has 1 heterocycles. The van der Waals surface area contributed by atoms with E-state index < -0.39 is 23.7 Å². The van der Waals surface area contributed by atoms with E-state index in [1.54, 1.807) is 25.1 Å². The van der Waals surface area contributed by atoms with Gasteiger partial charge in [-0.1, -0.05) is 11.6 Å². The summed E-state index contributed by atoms with van der Waals surface area (Å²) in [5, 5.41) is -0.0434. The lowest BCUT2D eigenvalue weighted by atomic mass is 10.2. The van der Waals surface area contributed by atoms with Gasteiger partial charge in [0, 0.05) is 10.6 Å². The highest BCUT2D eigenvalue weighted by molar-refractivity contribution is 8.18. The van der Waals surface area contributed by atoms with Gasteiger partial charge in [0.25, 0.3) is 11.1 Å². The molecule has 0 bridgehead atoms. The van der Waals surface area contributed by atoms with E-state index in [1.807, 2.05) is 0 Å². The van der Waals surface area contributed by atoms with Gasteiger partial charge in [0.1, 0.15) is 12.3 Å². The number of methoxy groups -OCH3 is 1. The molecule has 8 heteroatoms. The minimum absolute atomic E-state index is 0.185. The zero-order chi connectivity index (χ0) is 17.0. The molecule has 1 aromatic carbocycles. The van der Waals surface area contributed by atoms with Crippen molar-refractivity contribution >= 4 is 46.6 Å². The number of hydrogen-bond acceptors (Lipinski definition) is 6. The van der Waals surface area contributed by atoms with Gasteiger partial charge in [0.15, 0.2) is 0 Å². The lowest BCUT2D eigenvalue weighted by molar-refractivity contribution is -0.145. The van der Waals surface area contributed by atoms with Crippen LogP contribution in [0.1, 0.15) is 12.5 Å². The van der Waals surface area contributed by atoms with E-state index in [9.17, 15) is 14.4 Å². The maximum absolute atomic E-state index is 12.3. The first kappa shape index (κ1) is 17.4. The second-order valence-electron chi connectivity index (χ2n) is 4.46. The van der Waals surface area contributed by atoms with E-state index in [0.717, 1.165) is 16.7 Å². The monoisotopic (exact) mass is 355 g/mol. The molecule has 23 heavy (non-hydrogen) atoms. The molecule has 2 rings (SSSR count). The quantitative estimate of drug-likeness (QED) is 0.597. The van der Waals surface area contributed by atoms with Crippen LogP contribution in [0.15, 0.2) is 23.1 Å². The van der Waals surface area contributed by atoms with Crippen LogP contribution in [-0.4, -0.2) is 42.3 Å². The summed E-state index contributed by atoms with van der Waals surface area (Å²) in [6, 6.07) is 4.95. The first-order valence-corrected chi connectivity index (χ1v) is 7.90. The fourth-order valence-electron chi connectivity index (χ4n) is 1.93. The Bertz CT molecular complexity index is 688. The molecule has 0 N–H and O–H groups in total. The van der Waals surface area contributed by atoms with Crippen LogP contribution in [-0.2, 0) is 14.3 Å². The molecule has 1 aromatic rings. The van der Waals surface area contributed by atoms with Gasteiger partial charge < -0.3 is 9.47 Å². The van der Waals surface area contributed by atoms with Crippen molar-refractivity contribution in [3.8, 4) is 5.75 Å². The van der Waals surface area contributed by atoms with Crippen molar-refractivity contribution in [2.24, 2.45) is 0 Å².